The van der Waals surface area contributed by atoms with Crippen LogP contribution in [-0.2, 0) is 0 Å². The van der Waals surface area contributed by atoms with E-state index in [2.05, 4.69) is 127 Å². The molecule has 0 amide bonds. The zero-order valence-electron chi connectivity index (χ0n) is 27.2. The minimum absolute atomic E-state index is 0.656. The highest BCUT2D eigenvalue weighted by atomic mass is 15.0. The fourth-order valence-electron chi connectivity index (χ4n) is 6.75. The molecule has 50 heavy (non-hydrogen) atoms. The van der Waals surface area contributed by atoms with E-state index in [-0.39, 0.29) is 0 Å². The van der Waals surface area contributed by atoms with Crippen LogP contribution in [0.4, 0.5) is 0 Å². The maximum absolute atomic E-state index is 5.02. The Labute approximate surface area is 291 Å². The van der Waals surface area contributed by atoms with Crippen molar-refractivity contribution in [1.82, 2.24) is 15.0 Å². The summed E-state index contributed by atoms with van der Waals surface area (Å²) < 4.78 is 0. The van der Waals surface area contributed by atoms with Crippen molar-refractivity contribution < 1.29 is 0 Å². The van der Waals surface area contributed by atoms with Crippen LogP contribution in [0.3, 0.4) is 0 Å². The lowest BCUT2D eigenvalue weighted by Gasteiger charge is -2.14. The van der Waals surface area contributed by atoms with E-state index in [1.54, 1.807) is 0 Å². The fourth-order valence-corrected chi connectivity index (χ4v) is 6.75. The minimum atomic E-state index is 0.656. The van der Waals surface area contributed by atoms with E-state index in [9.17, 15) is 0 Å². The molecular weight excluding hydrogens is 607 g/mol. The van der Waals surface area contributed by atoms with Crippen LogP contribution in [0.5, 0.6) is 0 Å². The van der Waals surface area contributed by atoms with Crippen molar-refractivity contribution in [2.45, 2.75) is 0 Å². The molecule has 3 heteroatoms. The number of aromatic nitrogens is 3. The molecule has 0 atom stereocenters. The van der Waals surface area contributed by atoms with Gasteiger partial charge in [-0.1, -0.05) is 170 Å². The second kappa shape index (κ2) is 12.7. The molecule has 0 aliphatic carbocycles. The summed E-state index contributed by atoms with van der Waals surface area (Å²) in [7, 11) is 0. The van der Waals surface area contributed by atoms with Crippen molar-refractivity contribution in [2.24, 2.45) is 0 Å². The Morgan fingerprint density at radius 3 is 1.20 bits per heavy atom. The lowest BCUT2D eigenvalue weighted by atomic mass is 9.92. The molecule has 9 aromatic rings. The van der Waals surface area contributed by atoms with Crippen LogP contribution in [0, 0.1) is 0 Å². The molecule has 0 saturated heterocycles. The van der Waals surface area contributed by atoms with Crippen LogP contribution in [-0.4, -0.2) is 15.0 Å². The number of hydrogen-bond donors (Lipinski definition) is 0. The van der Waals surface area contributed by atoms with E-state index in [1.165, 1.54) is 44.2 Å². The average molecular weight is 638 g/mol. The summed E-state index contributed by atoms with van der Waals surface area (Å²) in [6.45, 7) is 0. The van der Waals surface area contributed by atoms with Gasteiger partial charge < -0.3 is 0 Å². The largest absolute Gasteiger partial charge is 0.208 e. The highest BCUT2D eigenvalue weighted by Crippen LogP contribution is 2.37. The maximum atomic E-state index is 5.02. The van der Waals surface area contributed by atoms with E-state index in [1.807, 2.05) is 60.7 Å². The molecule has 0 unspecified atom stereocenters. The van der Waals surface area contributed by atoms with Gasteiger partial charge in [0.15, 0.2) is 17.5 Å². The second-order valence-corrected chi connectivity index (χ2v) is 12.5. The zero-order chi connectivity index (χ0) is 33.3. The van der Waals surface area contributed by atoms with Gasteiger partial charge in [0.2, 0.25) is 0 Å². The summed E-state index contributed by atoms with van der Waals surface area (Å²) in [4.78, 5) is 14.9. The molecule has 1 heterocycles. The standard InChI is InChI=1S/C47H31N3/c1-4-12-32(13-5-1)33-20-22-34(23-21-33)37-24-25-39-31-40(27-26-38(39)30-37)41-28-29-44(43-19-11-10-18-42(41)43)47-49-45(35-14-6-2-7-15-35)48-46(50-47)36-16-8-3-9-17-36/h1-31H. The smallest absolute Gasteiger partial charge is 0.164 e. The summed E-state index contributed by atoms with van der Waals surface area (Å²) in [6, 6.07) is 66.0. The van der Waals surface area contributed by atoms with Gasteiger partial charge in [0.25, 0.3) is 0 Å². The van der Waals surface area contributed by atoms with Crippen molar-refractivity contribution in [1.29, 1.82) is 0 Å². The predicted octanol–water partition coefficient (Wildman–Crippen LogP) is 12.2. The molecule has 0 aliphatic rings. The summed E-state index contributed by atoms with van der Waals surface area (Å²) >= 11 is 0. The first-order chi connectivity index (χ1) is 24.8. The first-order valence-corrected chi connectivity index (χ1v) is 16.9. The van der Waals surface area contributed by atoms with Crippen LogP contribution >= 0.6 is 0 Å². The van der Waals surface area contributed by atoms with E-state index in [0.29, 0.717) is 17.5 Å². The molecule has 0 bridgehead atoms. The molecule has 0 radical (unpaired) electrons. The van der Waals surface area contributed by atoms with Gasteiger partial charge >= 0.3 is 0 Å². The van der Waals surface area contributed by atoms with Crippen molar-refractivity contribution in [3.05, 3.63) is 188 Å². The lowest BCUT2D eigenvalue weighted by molar-refractivity contribution is 1.08. The van der Waals surface area contributed by atoms with Gasteiger partial charge in [-0.25, -0.2) is 15.0 Å². The van der Waals surface area contributed by atoms with Gasteiger partial charge in [0.1, 0.15) is 0 Å². The highest BCUT2D eigenvalue weighted by molar-refractivity contribution is 6.05. The molecule has 9 rings (SSSR count). The van der Waals surface area contributed by atoms with Gasteiger partial charge in [0.05, 0.1) is 0 Å². The van der Waals surface area contributed by atoms with Crippen LogP contribution in [0.25, 0.3) is 89.1 Å². The number of hydrogen-bond acceptors (Lipinski definition) is 3. The van der Waals surface area contributed by atoms with E-state index < -0.39 is 0 Å². The third-order valence-electron chi connectivity index (χ3n) is 9.34. The van der Waals surface area contributed by atoms with Crippen LogP contribution in [0.2, 0.25) is 0 Å². The highest BCUT2D eigenvalue weighted by Gasteiger charge is 2.16. The summed E-state index contributed by atoms with van der Waals surface area (Å²) in [5, 5.41) is 4.68. The van der Waals surface area contributed by atoms with E-state index >= 15 is 0 Å². The van der Waals surface area contributed by atoms with E-state index in [4.69, 9.17) is 15.0 Å². The van der Waals surface area contributed by atoms with Gasteiger partial charge in [-0.15, -0.1) is 0 Å². The van der Waals surface area contributed by atoms with Crippen molar-refractivity contribution in [2.75, 3.05) is 0 Å². The third-order valence-corrected chi connectivity index (χ3v) is 9.34. The van der Waals surface area contributed by atoms with Crippen molar-refractivity contribution >= 4 is 21.5 Å². The topological polar surface area (TPSA) is 38.7 Å². The Balaban J connectivity index is 1.10. The van der Waals surface area contributed by atoms with E-state index in [0.717, 1.165) is 27.5 Å². The average Bonchev–Trinajstić information content (AvgIpc) is 3.21. The summed E-state index contributed by atoms with van der Waals surface area (Å²) in [5.41, 5.74) is 10.1. The van der Waals surface area contributed by atoms with Gasteiger partial charge in [-0.2, -0.15) is 0 Å². The molecule has 0 aliphatic heterocycles. The van der Waals surface area contributed by atoms with Crippen LogP contribution < -0.4 is 0 Å². The predicted molar refractivity (Wildman–Crippen MR) is 207 cm³/mol. The van der Waals surface area contributed by atoms with Gasteiger partial charge in [0, 0.05) is 16.7 Å². The molecule has 8 aromatic carbocycles. The first kappa shape index (κ1) is 29.4. The zero-order valence-corrected chi connectivity index (χ0v) is 27.2. The van der Waals surface area contributed by atoms with Gasteiger partial charge in [-0.3, -0.25) is 0 Å². The SMILES string of the molecule is c1ccc(-c2ccc(-c3ccc4cc(-c5ccc(-c6nc(-c7ccccc7)nc(-c7ccccc7)n6)c6ccccc56)ccc4c3)cc2)cc1. The number of rotatable bonds is 6. The third kappa shape index (κ3) is 5.61. The maximum Gasteiger partial charge on any atom is 0.164 e. The van der Waals surface area contributed by atoms with Crippen LogP contribution in [0.1, 0.15) is 0 Å². The number of benzene rings is 8. The normalized spacial score (nSPS) is 11.2. The minimum Gasteiger partial charge on any atom is -0.208 e. The Morgan fingerprint density at radius 2 is 0.620 bits per heavy atom. The fraction of sp³-hybridized carbons (Fsp3) is 0. The molecule has 1 aromatic heterocycles. The molecule has 0 spiro atoms. The Morgan fingerprint density at radius 1 is 0.240 bits per heavy atom. The Bertz CT molecular complexity index is 2560. The number of fused-ring (bicyclic) bond motifs is 2. The quantitative estimate of drug-likeness (QED) is 0.182. The molecule has 0 fully saturated rings. The van der Waals surface area contributed by atoms with Crippen molar-refractivity contribution in [3.8, 4) is 67.5 Å². The molecule has 3 nitrogen and oxygen atoms in total. The summed E-state index contributed by atoms with van der Waals surface area (Å²) in [5.74, 6) is 1.97. The number of nitrogens with zero attached hydrogens (tertiary/aromatic N) is 3. The van der Waals surface area contributed by atoms with Crippen molar-refractivity contribution in [3.63, 3.8) is 0 Å². The lowest BCUT2D eigenvalue weighted by Crippen LogP contribution is -2.00. The molecule has 0 N–H and O–H groups in total. The Hall–Kier alpha value is -6.71. The Kier molecular flexibility index (Phi) is 7.49. The van der Waals surface area contributed by atoms with Crippen LogP contribution in [0.15, 0.2) is 188 Å². The molecule has 0 saturated carbocycles. The molecular formula is C47H31N3. The molecule has 234 valence electrons. The monoisotopic (exact) mass is 637 g/mol. The summed E-state index contributed by atoms with van der Waals surface area (Å²) in [6.07, 6.45) is 0. The second-order valence-electron chi connectivity index (χ2n) is 12.5. The van der Waals surface area contributed by atoms with Gasteiger partial charge in [-0.05, 0) is 73.1 Å². The first-order valence-electron chi connectivity index (χ1n) is 16.9.